The van der Waals surface area contributed by atoms with Crippen molar-refractivity contribution in [3.63, 3.8) is 0 Å². The van der Waals surface area contributed by atoms with E-state index in [-0.39, 0.29) is 5.91 Å². The van der Waals surface area contributed by atoms with Crippen molar-refractivity contribution < 1.29 is 4.79 Å². The van der Waals surface area contributed by atoms with Crippen molar-refractivity contribution in [2.24, 2.45) is 5.92 Å². The molecule has 0 radical (unpaired) electrons. The van der Waals surface area contributed by atoms with Crippen LogP contribution >= 0.6 is 12.1 Å². The number of nitrogens with zero attached hydrogens (tertiary/aromatic N) is 3. The molecule has 1 fully saturated rings. The number of anilines is 2. The van der Waals surface area contributed by atoms with Gasteiger partial charge in [0.25, 0.3) is 5.91 Å². The number of nitriles is 1. The van der Waals surface area contributed by atoms with Crippen molar-refractivity contribution >= 4 is 29.4 Å². The summed E-state index contributed by atoms with van der Waals surface area (Å²) in [6, 6.07) is 23.7. The zero-order chi connectivity index (χ0) is 22.1. The lowest BCUT2D eigenvalue weighted by molar-refractivity contribution is 0.0951. The van der Waals surface area contributed by atoms with Gasteiger partial charge in [-0.25, -0.2) is 0 Å². The molecule has 5 rings (SSSR count). The van der Waals surface area contributed by atoms with Gasteiger partial charge in [0.05, 0.1) is 35.1 Å². The molecule has 1 heterocycles. The number of carbonyl (C=O) groups excluding carboxylic acids is 1. The smallest absolute Gasteiger partial charge is 0.251 e. The van der Waals surface area contributed by atoms with Crippen LogP contribution in [0.5, 0.6) is 0 Å². The van der Waals surface area contributed by atoms with E-state index < -0.39 is 0 Å². The lowest BCUT2D eigenvalue weighted by atomic mass is 10.0. The fourth-order valence-corrected chi connectivity index (χ4v) is 4.99. The first-order valence-corrected chi connectivity index (χ1v) is 11.5. The van der Waals surface area contributed by atoms with Crippen LogP contribution in [-0.2, 0) is 6.54 Å². The normalized spacial score (nSPS) is 14.8. The van der Waals surface area contributed by atoms with E-state index in [1.165, 1.54) is 29.8 Å². The Morgan fingerprint density at radius 2 is 1.88 bits per heavy atom. The average Bonchev–Trinajstić information content (AvgIpc) is 3.60. The van der Waals surface area contributed by atoms with Gasteiger partial charge in [-0.3, -0.25) is 13.4 Å². The summed E-state index contributed by atoms with van der Waals surface area (Å²) in [5, 5.41) is 12.0. The Bertz CT molecular complexity index is 1210. The first-order valence-electron chi connectivity index (χ1n) is 10.8. The van der Waals surface area contributed by atoms with Gasteiger partial charge in [-0.2, -0.15) is 5.26 Å². The largest absolute Gasteiger partial charge is 0.348 e. The minimum atomic E-state index is -0.181. The van der Waals surface area contributed by atoms with Crippen LogP contribution in [0, 0.1) is 17.2 Å². The van der Waals surface area contributed by atoms with Crippen LogP contribution in [0.4, 0.5) is 11.4 Å². The van der Waals surface area contributed by atoms with Crippen LogP contribution in [0.2, 0.25) is 0 Å². The second kappa shape index (κ2) is 8.60. The molecule has 3 aromatic carbocycles. The molecule has 0 spiro atoms. The van der Waals surface area contributed by atoms with Gasteiger partial charge in [-0.15, -0.1) is 0 Å². The van der Waals surface area contributed by atoms with E-state index in [4.69, 9.17) is 5.26 Å². The molecule has 32 heavy (non-hydrogen) atoms. The molecule has 5 nitrogen and oxygen atoms in total. The molecule has 1 saturated carbocycles. The predicted molar refractivity (Wildman–Crippen MR) is 130 cm³/mol. The highest BCUT2D eigenvalue weighted by molar-refractivity contribution is 8.02. The number of hydrogen-bond acceptors (Lipinski definition) is 5. The van der Waals surface area contributed by atoms with E-state index in [1.54, 1.807) is 36.4 Å². The van der Waals surface area contributed by atoms with Crippen LogP contribution in [0.15, 0.2) is 66.7 Å². The Hall–Kier alpha value is -3.43. The number of rotatable bonds is 6. The van der Waals surface area contributed by atoms with Crippen molar-refractivity contribution in [1.82, 2.24) is 5.32 Å². The van der Waals surface area contributed by atoms with Crippen LogP contribution in [0.1, 0.15) is 34.3 Å². The Balaban J connectivity index is 1.30. The molecule has 0 bridgehead atoms. The first-order chi connectivity index (χ1) is 15.6. The SMILES string of the molecule is CN1SN(CC2CC2)c2ccc(-c3cccc(CNC(=O)c4cccc(C#N)c4)c3)cc21. The van der Waals surface area contributed by atoms with Gasteiger partial charge < -0.3 is 5.32 Å². The summed E-state index contributed by atoms with van der Waals surface area (Å²) in [5.74, 6) is 0.662. The monoisotopic (exact) mass is 440 g/mol. The summed E-state index contributed by atoms with van der Waals surface area (Å²) in [5.41, 5.74) is 6.83. The molecule has 160 valence electrons. The predicted octanol–water partition coefficient (Wildman–Crippen LogP) is 5.38. The molecule has 6 heteroatoms. The fraction of sp³-hybridized carbons (Fsp3) is 0.231. The summed E-state index contributed by atoms with van der Waals surface area (Å²) in [4.78, 5) is 12.5. The molecule has 1 amide bonds. The number of amides is 1. The van der Waals surface area contributed by atoms with Gasteiger partial charge in [0.2, 0.25) is 0 Å². The molecule has 1 aliphatic heterocycles. The molecule has 0 atom stereocenters. The highest BCUT2D eigenvalue weighted by Crippen LogP contribution is 2.47. The summed E-state index contributed by atoms with van der Waals surface area (Å²) in [7, 11) is 2.12. The van der Waals surface area contributed by atoms with E-state index in [0.717, 1.165) is 23.6 Å². The van der Waals surface area contributed by atoms with Crippen molar-refractivity contribution in [2.75, 3.05) is 22.2 Å². The summed E-state index contributed by atoms with van der Waals surface area (Å²) in [6.45, 7) is 1.55. The third kappa shape index (κ3) is 4.30. The zero-order valence-corrected chi connectivity index (χ0v) is 18.7. The van der Waals surface area contributed by atoms with Gasteiger partial charge in [0, 0.05) is 25.7 Å². The average molecular weight is 441 g/mol. The summed E-state index contributed by atoms with van der Waals surface area (Å²) in [6.07, 6.45) is 2.70. The highest BCUT2D eigenvalue weighted by atomic mass is 32.2. The van der Waals surface area contributed by atoms with Crippen molar-refractivity contribution in [3.05, 3.63) is 83.4 Å². The minimum absolute atomic E-state index is 0.181. The topological polar surface area (TPSA) is 59.4 Å². The third-order valence-electron chi connectivity index (χ3n) is 5.89. The Morgan fingerprint density at radius 3 is 2.69 bits per heavy atom. The molecule has 3 aromatic rings. The van der Waals surface area contributed by atoms with E-state index in [9.17, 15) is 4.79 Å². The zero-order valence-electron chi connectivity index (χ0n) is 17.9. The quantitative estimate of drug-likeness (QED) is 0.521. The third-order valence-corrected chi connectivity index (χ3v) is 6.88. The second-order valence-electron chi connectivity index (χ2n) is 8.36. The van der Waals surface area contributed by atoms with Gasteiger partial charge >= 0.3 is 0 Å². The number of fused-ring (bicyclic) bond motifs is 1. The Labute approximate surface area is 192 Å². The second-order valence-corrected chi connectivity index (χ2v) is 9.51. The van der Waals surface area contributed by atoms with Crippen LogP contribution in [-0.4, -0.2) is 19.5 Å². The minimum Gasteiger partial charge on any atom is -0.348 e. The molecular formula is C26H24N4OS. The summed E-state index contributed by atoms with van der Waals surface area (Å²) < 4.78 is 4.64. The van der Waals surface area contributed by atoms with Gasteiger partial charge in [0.15, 0.2) is 0 Å². The van der Waals surface area contributed by atoms with Crippen molar-refractivity contribution in [1.29, 1.82) is 5.26 Å². The number of benzene rings is 3. The lowest BCUT2D eigenvalue weighted by Gasteiger charge is -2.16. The molecule has 2 aliphatic rings. The van der Waals surface area contributed by atoms with E-state index in [1.807, 2.05) is 12.1 Å². The maximum absolute atomic E-state index is 12.5. The van der Waals surface area contributed by atoms with Crippen molar-refractivity contribution in [3.8, 4) is 17.2 Å². The molecule has 0 saturated heterocycles. The number of nitrogens with one attached hydrogen (secondary N) is 1. The van der Waals surface area contributed by atoms with Gasteiger partial charge in [0.1, 0.15) is 0 Å². The Kier molecular flexibility index (Phi) is 5.50. The summed E-state index contributed by atoms with van der Waals surface area (Å²) >= 11 is 1.78. The standard InChI is InChI=1S/C26H24N4OS/c1-29-25-14-22(10-11-24(25)30(32-29)17-18-8-9-18)21-6-3-5-20(13-21)16-28-26(31)23-7-2-4-19(12-23)15-27/h2-7,10-14,18H,8-9,16-17H2,1H3,(H,28,31). The van der Waals surface area contributed by atoms with Gasteiger partial charge in [-0.1, -0.05) is 30.3 Å². The molecule has 0 unspecified atom stereocenters. The molecule has 1 aliphatic carbocycles. The molecule has 1 N–H and O–H groups in total. The number of hydrogen-bond donors (Lipinski definition) is 1. The molecule has 0 aromatic heterocycles. The molecular weight excluding hydrogens is 416 g/mol. The fourth-order valence-electron chi connectivity index (χ4n) is 3.94. The number of carbonyl (C=O) groups is 1. The maximum atomic E-state index is 12.5. The lowest BCUT2D eigenvalue weighted by Crippen LogP contribution is -2.22. The van der Waals surface area contributed by atoms with Crippen LogP contribution < -0.4 is 13.9 Å². The first kappa shape index (κ1) is 20.5. The Morgan fingerprint density at radius 1 is 1.06 bits per heavy atom. The van der Waals surface area contributed by atoms with E-state index >= 15 is 0 Å². The van der Waals surface area contributed by atoms with E-state index in [2.05, 4.69) is 57.4 Å². The van der Waals surface area contributed by atoms with Gasteiger partial charge in [-0.05, 0) is 71.8 Å². The van der Waals surface area contributed by atoms with Crippen LogP contribution in [0.25, 0.3) is 11.1 Å². The highest BCUT2D eigenvalue weighted by Gasteiger charge is 2.31. The maximum Gasteiger partial charge on any atom is 0.251 e. The van der Waals surface area contributed by atoms with E-state index in [0.29, 0.717) is 17.7 Å². The van der Waals surface area contributed by atoms with Crippen LogP contribution in [0.3, 0.4) is 0 Å². The van der Waals surface area contributed by atoms with Crippen molar-refractivity contribution in [2.45, 2.75) is 19.4 Å².